The van der Waals surface area contributed by atoms with Crippen molar-refractivity contribution in [3.05, 3.63) is 24.0 Å². The third-order valence-corrected chi connectivity index (χ3v) is 2.28. The normalized spacial score (nSPS) is 12.8. The monoisotopic (exact) mass is 245 g/mol. The van der Waals surface area contributed by atoms with Gasteiger partial charge in [0.1, 0.15) is 5.69 Å². The van der Waals surface area contributed by atoms with Gasteiger partial charge in [-0.1, -0.05) is 0 Å². The van der Waals surface area contributed by atoms with Crippen LogP contribution in [0, 0.1) is 0 Å². The fraction of sp³-hybridized carbons (Fsp3) is 0.545. The fourth-order valence-corrected chi connectivity index (χ4v) is 1.43. The third kappa shape index (κ3) is 4.52. The minimum absolute atomic E-state index is 0.00292. The lowest BCUT2D eigenvalue weighted by atomic mass is 10.2. The van der Waals surface area contributed by atoms with Crippen molar-refractivity contribution in [2.24, 2.45) is 5.73 Å². The Labute approximate surface area is 98.8 Å². The quantitative estimate of drug-likeness (QED) is 0.791. The van der Waals surface area contributed by atoms with Gasteiger partial charge in [-0.2, -0.15) is 0 Å². The molecule has 96 valence electrons. The molecule has 3 N–H and O–H groups in total. The van der Waals surface area contributed by atoms with E-state index in [1.807, 2.05) is 6.92 Å². The topological polar surface area (TPSA) is 60.0 Å². The Bertz CT molecular complexity index is 363. The average Bonchev–Trinajstić information content (AvgIpc) is 2.64. The number of rotatable bonds is 6. The molecule has 0 aromatic carbocycles. The van der Waals surface area contributed by atoms with Gasteiger partial charge in [0.05, 0.1) is 6.54 Å². The molecule has 1 heterocycles. The summed E-state index contributed by atoms with van der Waals surface area (Å²) in [7, 11) is 0. The number of hydrogen-bond acceptors (Lipinski definition) is 2. The highest BCUT2D eigenvalue weighted by molar-refractivity contribution is 5.92. The Kier molecular flexibility index (Phi) is 5.09. The van der Waals surface area contributed by atoms with E-state index in [4.69, 9.17) is 5.73 Å². The molecule has 0 radical (unpaired) electrons. The number of alkyl halides is 2. The van der Waals surface area contributed by atoms with E-state index >= 15 is 0 Å². The predicted octanol–water partition coefficient (Wildman–Crippen LogP) is 1.22. The van der Waals surface area contributed by atoms with Crippen molar-refractivity contribution in [3.8, 4) is 0 Å². The summed E-state index contributed by atoms with van der Waals surface area (Å²) in [4.78, 5) is 11.7. The van der Waals surface area contributed by atoms with Gasteiger partial charge in [-0.3, -0.25) is 4.79 Å². The summed E-state index contributed by atoms with van der Waals surface area (Å²) in [6, 6.07) is 3.09. The molecule has 0 spiro atoms. The SMILES string of the molecule is CC(N)CCNC(=O)c1cccn1CC(F)F. The molecule has 1 amide bonds. The summed E-state index contributed by atoms with van der Waals surface area (Å²) in [6.45, 7) is 1.81. The number of nitrogens with one attached hydrogen (secondary N) is 1. The zero-order valence-electron chi connectivity index (χ0n) is 9.70. The summed E-state index contributed by atoms with van der Waals surface area (Å²) in [5.41, 5.74) is 5.78. The average molecular weight is 245 g/mol. The zero-order chi connectivity index (χ0) is 12.8. The highest BCUT2D eigenvalue weighted by Gasteiger charge is 2.13. The number of aromatic nitrogens is 1. The standard InChI is InChI=1S/C11H17F2N3O/c1-8(14)4-5-15-11(17)9-3-2-6-16(9)7-10(12)13/h2-3,6,8,10H,4-5,7,14H2,1H3,(H,15,17). The summed E-state index contributed by atoms with van der Waals surface area (Å²) >= 11 is 0. The van der Waals surface area contributed by atoms with Crippen LogP contribution in [0.4, 0.5) is 8.78 Å². The molecule has 4 nitrogen and oxygen atoms in total. The van der Waals surface area contributed by atoms with E-state index in [-0.39, 0.29) is 17.6 Å². The Morgan fingerprint density at radius 1 is 1.59 bits per heavy atom. The molecule has 0 bridgehead atoms. The van der Waals surface area contributed by atoms with Crippen molar-refractivity contribution in [1.82, 2.24) is 9.88 Å². The van der Waals surface area contributed by atoms with Crippen LogP contribution in [0.3, 0.4) is 0 Å². The van der Waals surface area contributed by atoms with Gasteiger partial charge >= 0.3 is 0 Å². The molecule has 1 rings (SSSR count). The van der Waals surface area contributed by atoms with Crippen LogP contribution in [0.5, 0.6) is 0 Å². The lowest BCUT2D eigenvalue weighted by molar-refractivity contribution is 0.0930. The summed E-state index contributed by atoms with van der Waals surface area (Å²) in [6.07, 6.45) is -0.355. The van der Waals surface area contributed by atoms with Gasteiger partial charge < -0.3 is 15.6 Å². The first kappa shape index (κ1) is 13.6. The highest BCUT2D eigenvalue weighted by atomic mass is 19.3. The number of nitrogens with zero attached hydrogens (tertiary/aromatic N) is 1. The van der Waals surface area contributed by atoms with Gasteiger partial charge in [0.15, 0.2) is 0 Å². The van der Waals surface area contributed by atoms with Crippen LogP contribution in [-0.4, -0.2) is 29.5 Å². The van der Waals surface area contributed by atoms with Crippen LogP contribution in [0.25, 0.3) is 0 Å². The first-order valence-corrected chi connectivity index (χ1v) is 5.47. The molecule has 1 unspecified atom stereocenters. The molecule has 0 aliphatic carbocycles. The van der Waals surface area contributed by atoms with E-state index < -0.39 is 13.0 Å². The van der Waals surface area contributed by atoms with Crippen molar-refractivity contribution < 1.29 is 13.6 Å². The van der Waals surface area contributed by atoms with Crippen LogP contribution in [0.2, 0.25) is 0 Å². The van der Waals surface area contributed by atoms with Gasteiger partial charge in [-0.15, -0.1) is 0 Å². The Morgan fingerprint density at radius 2 is 2.29 bits per heavy atom. The maximum atomic E-state index is 12.2. The van der Waals surface area contributed by atoms with Gasteiger partial charge in [-0.25, -0.2) is 8.78 Å². The van der Waals surface area contributed by atoms with E-state index in [1.54, 1.807) is 6.07 Å². The van der Waals surface area contributed by atoms with E-state index in [0.717, 1.165) is 0 Å². The van der Waals surface area contributed by atoms with Crippen LogP contribution in [-0.2, 0) is 6.54 Å². The number of carbonyl (C=O) groups is 1. The predicted molar refractivity (Wildman–Crippen MR) is 61.0 cm³/mol. The lowest BCUT2D eigenvalue weighted by Crippen LogP contribution is -2.30. The van der Waals surface area contributed by atoms with Crippen LogP contribution >= 0.6 is 0 Å². The summed E-state index contributed by atoms with van der Waals surface area (Å²) in [5.74, 6) is -0.351. The molecule has 0 aliphatic heterocycles. The molecule has 6 heteroatoms. The second-order valence-corrected chi connectivity index (χ2v) is 3.96. The van der Waals surface area contributed by atoms with Crippen LogP contribution in [0.1, 0.15) is 23.8 Å². The van der Waals surface area contributed by atoms with Crippen molar-refractivity contribution in [2.45, 2.75) is 32.4 Å². The second-order valence-electron chi connectivity index (χ2n) is 3.96. The maximum Gasteiger partial charge on any atom is 0.267 e. The number of hydrogen-bond donors (Lipinski definition) is 2. The van der Waals surface area contributed by atoms with Gasteiger partial charge in [-0.05, 0) is 25.5 Å². The van der Waals surface area contributed by atoms with Crippen LogP contribution in [0.15, 0.2) is 18.3 Å². The summed E-state index contributed by atoms with van der Waals surface area (Å²) in [5, 5.41) is 2.65. The smallest absolute Gasteiger partial charge is 0.267 e. The number of nitrogens with two attached hydrogens (primary N) is 1. The minimum atomic E-state index is -2.47. The van der Waals surface area contributed by atoms with E-state index in [0.29, 0.717) is 13.0 Å². The summed E-state index contributed by atoms with van der Waals surface area (Å²) < 4.78 is 25.7. The van der Waals surface area contributed by atoms with Crippen molar-refractivity contribution in [1.29, 1.82) is 0 Å². The number of halogens is 2. The Balaban J connectivity index is 2.53. The van der Waals surface area contributed by atoms with E-state index in [9.17, 15) is 13.6 Å². The van der Waals surface area contributed by atoms with Crippen molar-refractivity contribution in [2.75, 3.05) is 6.54 Å². The molecule has 0 saturated heterocycles. The molecule has 1 aromatic rings. The molecule has 1 aromatic heterocycles. The zero-order valence-corrected chi connectivity index (χ0v) is 9.70. The Hall–Kier alpha value is -1.43. The lowest BCUT2D eigenvalue weighted by Gasteiger charge is -2.10. The molecule has 0 saturated carbocycles. The fourth-order valence-electron chi connectivity index (χ4n) is 1.43. The second kappa shape index (κ2) is 6.34. The number of amides is 1. The minimum Gasteiger partial charge on any atom is -0.351 e. The van der Waals surface area contributed by atoms with E-state index in [1.165, 1.54) is 16.8 Å². The Morgan fingerprint density at radius 3 is 2.88 bits per heavy atom. The molecule has 1 atom stereocenters. The van der Waals surface area contributed by atoms with Crippen molar-refractivity contribution in [3.63, 3.8) is 0 Å². The highest BCUT2D eigenvalue weighted by Crippen LogP contribution is 2.06. The first-order valence-electron chi connectivity index (χ1n) is 5.47. The van der Waals surface area contributed by atoms with E-state index in [2.05, 4.69) is 5.32 Å². The number of carbonyl (C=O) groups excluding carboxylic acids is 1. The largest absolute Gasteiger partial charge is 0.351 e. The van der Waals surface area contributed by atoms with Crippen molar-refractivity contribution >= 4 is 5.91 Å². The van der Waals surface area contributed by atoms with Gasteiger partial charge in [0.25, 0.3) is 12.3 Å². The maximum absolute atomic E-state index is 12.2. The van der Waals surface area contributed by atoms with Gasteiger partial charge in [0.2, 0.25) is 0 Å². The first-order chi connectivity index (χ1) is 8.00. The molecule has 0 fully saturated rings. The molecule has 0 aliphatic rings. The molecular formula is C11H17F2N3O. The molecular weight excluding hydrogens is 228 g/mol. The van der Waals surface area contributed by atoms with Gasteiger partial charge in [0, 0.05) is 18.8 Å². The third-order valence-electron chi connectivity index (χ3n) is 2.28. The molecule has 17 heavy (non-hydrogen) atoms. The van der Waals surface area contributed by atoms with Crippen LogP contribution < -0.4 is 11.1 Å².